The Morgan fingerprint density at radius 2 is 2.03 bits per heavy atom. The van der Waals surface area contributed by atoms with Crippen LogP contribution in [-0.2, 0) is 9.59 Å². The Kier molecular flexibility index (Phi) is 4.94. The van der Waals surface area contributed by atoms with Crippen molar-refractivity contribution in [1.82, 2.24) is 5.32 Å². The summed E-state index contributed by atoms with van der Waals surface area (Å²) in [6, 6.07) is 13.9. The Morgan fingerprint density at radius 3 is 2.79 bits per heavy atom. The topological polar surface area (TPSA) is 58.6 Å². The van der Waals surface area contributed by atoms with Crippen molar-refractivity contribution in [3.8, 4) is 17.6 Å². The minimum absolute atomic E-state index is 0.229. The molecule has 0 saturated heterocycles. The molecule has 3 aromatic rings. The number of methoxy groups -OCH3 is 1. The molecule has 1 aromatic heterocycles. The van der Waals surface area contributed by atoms with Gasteiger partial charge in [-0.05, 0) is 54.8 Å². The van der Waals surface area contributed by atoms with Crippen LogP contribution in [0.25, 0.3) is 15.8 Å². The van der Waals surface area contributed by atoms with E-state index in [1.807, 2.05) is 41.3 Å². The molecule has 0 aliphatic carbocycles. The first-order valence-electron chi connectivity index (χ1n) is 10.4. The lowest BCUT2D eigenvalue weighted by Gasteiger charge is -2.42. The van der Waals surface area contributed by atoms with Crippen molar-refractivity contribution in [2.75, 3.05) is 18.6 Å². The monoisotopic (exact) mass is 452 g/mol. The van der Waals surface area contributed by atoms with Gasteiger partial charge in [0.15, 0.2) is 0 Å². The third-order valence-electron chi connectivity index (χ3n) is 5.83. The van der Waals surface area contributed by atoms with E-state index in [1.54, 1.807) is 24.5 Å². The summed E-state index contributed by atoms with van der Waals surface area (Å²) >= 11 is 1.71. The minimum atomic E-state index is -1.21. The van der Waals surface area contributed by atoms with Gasteiger partial charge in [-0.25, -0.2) is 0 Å². The zero-order valence-corrected chi connectivity index (χ0v) is 19.0. The quantitative estimate of drug-likeness (QED) is 0.363. The van der Waals surface area contributed by atoms with E-state index >= 15 is 0 Å². The van der Waals surface area contributed by atoms with Gasteiger partial charge in [0.25, 0.3) is 5.91 Å². The number of aryl methyl sites for hydroxylation is 1. The summed E-state index contributed by atoms with van der Waals surface area (Å²) in [6.45, 7) is 6.11. The number of thiophene rings is 1. The van der Waals surface area contributed by atoms with Gasteiger partial charge in [-0.3, -0.25) is 14.9 Å². The second kappa shape index (κ2) is 7.83. The van der Waals surface area contributed by atoms with Crippen LogP contribution in [0, 0.1) is 24.2 Å². The van der Waals surface area contributed by atoms with Crippen LogP contribution in [0.4, 0.5) is 5.69 Å². The number of nitrogens with one attached hydrogen (secondary N) is 1. The lowest BCUT2D eigenvalue weighted by Crippen LogP contribution is -2.52. The number of carbonyl (C=O) groups is 2. The van der Waals surface area contributed by atoms with Gasteiger partial charge in [-0.15, -0.1) is 17.1 Å². The number of benzene rings is 2. The van der Waals surface area contributed by atoms with Crippen molar-refractivity contribution in [1.29, 1.82) is 0 Å². The van der Waals surface area contributed by atoms with E-state index in [0.29, 0.717) is 0 Å². The second-order valence-corrected chi connectivity index (χ2v) is 9.27. The number of hydrogen-bond acceptors (Lipinski definition) is 5. The number of nitrogens with zero attached hydrogens (tertiary/aromatic N) is 1. The number of carbonyl (C=O) groups excluding carboxylic acids is 2. The summed E-state index contributed by atoms with van der Waals surface area (Å²) in [4.78, 5) is 28.1. The summed E-state index contributed by atoms with van der Waals surface area (Å²) in [5, 5.41) is 3.58. The summed E-state index contributed by atoms with van der Waals surface area (Å²) < 4.78 is 6.46. The number of anilines is 1. The van der Waals surface area contributed by atoms with Gasteiger partial charge in [0.1, 0.15) is 11.2 Å². The molecule has 6 heteroatoms. The number of hydrogen-bond donors (Lipinski definition) is 1. The number of imide groups is 1. The molecule has 0 saturated carbocycles. The van der Waals surface area contributed by atoms with E-state index in [4.69, 9.17) is 4.74 Å². The van der Waals surface area contributed by atoms with Crippen LogP contribution < -0.4 is 15.0 Å². The third kappa shape index (κ3) is 3.54. The minimum Gasteiger partial charge on any atom is -0.497 e. The largest absolute Gasteiger partial charge is 0.497 e. The Bertz CT molecular complexity index is 1480. The molecule has 2 aliphatic rings. The highest BCUT2D eigenvalue weighted by Gasteiger charge is 2.43. The van der Waals surface area contributed by atoms with Crippen molar-refractivity contribution in [3.63, 3.8) is 0 Å². The molecule has 0 spiro atoms. The fourth-order valence-electron chi connectivity index (χ4n) is 4.13. The average Bonchev–Trinajstić information content (AvgIpc) is 3.17. The van der Waals surface area contributed by atoms with Crippen molar-refractivity contribution >= 4 is 44.6 Å². The van der Waals surface area contributed by atoms with Crippen LogP contribution in [-0.4, -0.2) is 25.5 Å². The Hall–Kier alpha value is -4.04. The molecule has 2 aliphatic heterocycles. The van der Waals surface area contributed by atoms with E-state index in [9.17, 15) is 9.59 Å². The maximum Gasteiger partial charge on any atom is 0.250 e. The lowest BCUT2D eigenvalue weighted by atomic mass is 9.82. The molecule has 0 radical (unpaired) electrons. The average molecular weight is 453 g/mol. The molecule has 2 amide bonds. The number of fused-ring (bicyclic) bond motifs is 2. The molecular formula is C27H20N2O3S. The zero-order valence-electron chi connectivity index (χ0n) is 18.2. The van der Waals surface area contributed by atoms with E-state index in [0.717, 1.165) is 33.0 Å². The summed E-state index contributed by atoms with van der Waals surface area (Å²) in [5.41, 5.74) is 5.19. The summed E-state index contributed by atoms with van der Waals surface area (Å²) in [7, 11) is 1.61. The van der Waals surface area contributed by atoms with Gasteiger partial charge in [0.05, 0.1) is 25.0 Å². The van der Waals surface area contributed by atoms with Crippen LogP contribution in [0.5, 0.6) is 5.75 Å². The molecule has 0 bridgehead atoms. The number of rotatable bonds is 3. The molecule has 1 N–H and O–H groups in total. The summed E-state index contributed by atoms with van der Waals surface area (Å²) in [5.74, 6) is 6.18. The van der Waals surface area contributed by atoms with Gasteiger partial charge in [-0.1, -0.05) is 24.5 Å². The number of amides is 2. The molecular weight excluding hydrogens is 432 g/mol. The molecule has 33 heavy (non-hydrogen) atoms. The maximum absolute atomic E-state index is 13.1. The van der Waals surface area contributed by atoms with Crippen LogP contribution in [0.15, 0.2) is 66.9 Å². The Morgan fingerprint density at radius 1 is 1.18 bits per heavy atom. The highest BCUT2D eigenvalue weighted by atomic mass is 32.1. The highest BCUT2D eigenvalue weighted by molar-refractivity contribution is 7.19. The van der Waals surface area contributed by atoms with E-state index in [1.165, 1.54) is 16.3 Å². The van der Waals surface area contributed by atoms with Crippen molar-refractivity contribution in [2.45, 2.75) is 6.92 Å². The van der Waals surface area contributed by atoms with Gasteiger partial charge in [0.2, 0.25) is 5.91 Å². The Balaban J connectivity index is 1.55. The second-order valence-electron chi connectivity index (χ2n) is 7.98. The SMILES string of the molecule is C=C=C1c2cc(OC)ccc2N1C[C@@]1(C#Cc2ccc3cc(C)sc3c2)C=CC(=O)NC1=O. The predicted octanol–water partition coefficient (Wildman–Crippen LogP) is 4.41. The highest BCUT2D eigenvalue weighted by Crippen LogP contribution is 2.45. The van der Waals surface area contributed by atoms with Gasteiger partial charge in [0, 0.05) is 26.8 Å². The smallest absolute Gasteiger partial charge is 0.250 e. The van der Waals surface area contributed by atoms with E-state index in [-0.39, 0.29) is 6.54 Å². The van der Waals surface area contributed by atoms with E-state index in [2.05, 4.69) is 42.5 Å². The lowest BCUT2D eigenvalue weighted by molar-refractivity contribution is -0.132. The molecule has 5 nitrogen and oxygen atoms in total. The molecule has 5 rings (SSSR count). The molecule has 2 aromatic carbocycles. The molecule has 1 atom stereocenters. The third-order valence-corrected chi connectivity index (χ3v) is 6.84. The Labute approximate surface area is 195 Å². The first-order valence-corrected chi connectivity index (χ1v) is 11.2. The van der Waals surface area contributed by atoms with E-state index < -0.39 is 17.2 Å². The fourth-order valence-corrected chi connectivity index (χ4v) is 5.09. The molecule has 0 fully saturated rings. The number of ether oxygens (including phenoxy) is 1. The molecule has 162 valence electrons. The van der Waals surface area contributed by atoms with Crippen LogP contribution in [0.1, 0.15) is 16.0 Å². The van der Waals surface area contributed by atoms with Gasteiger partial charge >= 0.3 is 0 Å². The van der Waals surface area contributed by atoms with Crippen LogP contribution in [0.2, 0.25) is 0 Å². The molecule has 0 unspecified atom stereocenters. The normalized spacial score (nSPS) is 18.7. The predicted molar refractivity (Wildman–Crippen MR) is 131 cm³/mol. The fraction of sp³-hybridized carbons (Fsp3) is 0.148. The van der Waals surface area contributed by atoms with Crippen molar-refractivity contribution in [2.24, 2.45) is 5.41 Å². The van der Waals surface area contributed by atoms with Crippen LogP contribution in [0.3, 0.4) is 0 Å². The van der Waals surface area contributed by atoms with Crippen LogP contribution >= 0.6 is 11.3 Å². The van der Waals surface area contributed by atoms with Gasteiger partial charge in [-0.2, -0.15) is 0 Å². The van der Waals surface area contributed by atoms with Crippen molar-refractivity contribution in [3.05, 3.63) is 82.9 Å². The maximum atomic E-state index is 13.1. The first-order chi connectivity index (χ1) is 15.9. The van der Waals surface area contributed by atoms with Crippen molar-refractivity contribution < 1.29 is 14.3 Å². The van der Waals surface area contributed by atoms with Gasteiger partial charge < -0.3 is 9.64 Å². The standard InChI is InChI=1S/C27H20N2O3S/c1-4-22-21-15-20(32-3)7-8-23(21)29(22)16-27(12-10-25(30)28-26(27)31)11-9-18-5-6-19-13-17(2)33-24(19)14-18/h5-8,10,12-15H,1,16H2,2-3H3,(H,28,30,31)/t27-/m1/s1. The zero-order chi connectivity index (χ0) is 23.2. The summed E-state index contributed by atoms with van der Waals surface area (Å²) in [6.07, 6.45) is 2.96. The first kappa shape index (κ1) is 20.8. The molecule has 3 heterocycles.